The molecule has 1 aliphatic heterocycles. The van der Waals surface area contributed by atoms with E-state index in [-0.39, 0.29) is 18.1 Å². The van der Waals surface area contributed by atoms with Crippen LogP contribution >= 0.6 is 0 Å². The highest BCUT2D eigenvalue weighted by Crippen LogP contribution is 2.19. The minimum Gasteiger partial charge on any atom is -0.488 e. The van der Waals surface area contributed by atoms with Crippen LogP contribution in [0.15, 0.2) is 54.6 Å². The van der Waals surface area contributed by atoms with E-state index in [4.69, 9.17) is 15.2 Å². The molecule has 2 atom stereocenters. The summed E-state index contributed by atoms with van der Waals surface area (Å²) in [5, 5.41) is 3.00. The lowest BCUT2D eigenvalue weighted by atomic mass is 10.1. The zero-order valence-electron chi connectivity index (χ0n) is 14.4. The highest BCUT2D eigenvalue weighted by molar-refractivity contribution is 5.92. The Labute approximate surface area is 152 Å². The molecule has 6 nitrogen and oxygen atoms in total. The minimum atomic E-state index is -0.478. The number of amides is 2. The molecule has 2 aromatic rings. The molecule has 1 saturated heterocycles. The van der Waals surface area contributed by atoms with Gasteiger partial charge in [0.1, 0.15) is 11.9 Å². The fraction of sp³-hybridized carbons (Fsp3) is 0.300. The van der Waals surface area contributed by atoms with Crippen molar-refractivity contribution in [1.29, 1.82) is 0 Å². The summed E-state index contributed by atoms with van der Waals surface area (Å²) >= 11 is 0. The van der Waals surface area contributed by atoms with Crippen LogP contribution in [-0.4, -0.2) is 37.2 Å². The highest BCUT2D eigenvalue weighted by Gasteiger charge is 2.29. The monoisotopic (exact) mass is 354 g/mol. The van der Waals surface area contributed by atoms with Gasteiger partial charge in [-0.3, -0.25) is 9.59 Å². The van der Waals surface area contributed by atoms with E-state index in [0.717, 1.165) is 5.56 Å². The number of carbonyl (C=O) groups excluding carboxylic acids is 2. The average Bonchev–Trinajstić information content (AvgIpc) is 2.64. The van der Waals surface area contributed by atoms with E-state index in [1.165, 1.54) is 0 Å². The van der Waals surface area contributed by atoms with Crippen LogP contribution in [0.25, 0.3) is 0 Å². The Kier molecular flexibility index (Phi) is 5.86. The lowest BCUT2D eigenvalue weighted by molar-refractivity contribution is -0.123. The number of carbonyl (C=O) groups is 2. The van der Waals surface area contributed by atoms with Gasteiger partial charge >= 0.3 is 0 Å². The quantitative estimate of drug-likeness (QED) is 0.826. The molecule has 0 unspecified atom stereocenters. The Balaban J connectivity index is 1.60. The molecule has 0 radical (unpaired) electrons. The van der Waals surface area contributed by atoms with Gasteiger partial charge in [0.2, 0.25) is 11.8 Å². The summed E-state index contributed by atoms with van der Waals surface area (Å²) < 4.78 is 11.5. The van der Waals surface area contributed by atoms with Crippen LogP contribution in [-0.2, 0) is 16.0 Å². The highest BCUT2D eigenvalue weighted by atomic mass is 16.5. The molecule has 1 aliphatic rings. The first-order valence-corrected chi connectivity index (χ1v) is 8.59. The molecule has 1 heterocycles. The van der Waals surface area contributed by atoms with E-state index < -0.39 is 5.91 Å². The van der Waals surface area contributed by atoms with Gasteiger partial charge in [-0.25, -0.2) is 0 Å². The molecule has 3 rings (SSSR count). The maximum Gasteiger partial charge on any atom is 0.248 e. The number of rotatable bonds is 6. The minimum absolute atomic E-state index is 0.0654. The molecular weight excluding hydrogens is 332 g/mol. The second kappa shape index (κ2) is 8.49. The number of ether oxygens (including phenoxy) is 2. The van der Waals surface area contributed by atoms with Gasteiger partial charge in [-0.05, 0) is 29.8 Å². The Morgan fingerprint density at radius 3 is 2.54 bits per heavy atom. The van der Waals surface area contributed by atoms with Crippen LogP contribution in [0.3, 0.4) is 0 Å². The van der Waals surface area contributed by atoms with Crippen molar-refractivity contribution in [2.24, 2.45) is 5.73 Å². The zero-order valence-corrected chi connectivity index (χ0v) is 14.4. The average molecular weight is 354 g/mol. The summed E-state index contributed by atoms with van der Waals surface area (Å²) in [5.41, 5.74) is 6.63. The van der Waals surface area contributed by atoms with Gasteiger partial charge in [-0.1, -0.05) is 30.3 Å². The third-order valence-electron chi connectivity index (χ3n) is 4.27. The van der Waals surface area contributed by atoms with Crippen LogP contribution in [0.4, 0.5) is 0 Å². The molecule has 0 saturated carbocycles. The summed E-state index contributed by atoms with van der Waals surface area (Å²) in [6, 6.07) is 16.0. The van der Waals surface area contributed by atoms with E-state index in [2.05, 4.69) is 5.32 Å². The van der Waals surface area contributed by atoms with Crippen molar-refractivity contribution in [3.05, 3.63) is 65.7 Å². The summed E-state index contributed by atoms with van der Waals surface area (Å²) in [6.07, 6.45) is 0.800. The van der Waals surface area contributed by atoms with E-state index in [9.17, 15) is 9.59 Å². The van der Waals surface area contributed by atoms with E-state index in [1.807, 2.05) is 30.3 Å². The number of primary amides is 1. The number of hydrogen-bond donors (Lipinski definition) is 2. The van der Waals surface area contributed by atoms with Crippen molar-refractivity contribution >= 4 is 11.8 Å². The first-order valence-electron chi connectivity index (χ1n) is 8.59. The molecule has 0 aliphatic carbocycles. The maximum absolute atomic E-state index is 12.3. The van der Waals surface area contributed by atoms with Crippen molar-refractivity contribution in [2.45, 2.75) is 25.0 Å². The smallest absolute Gasteiger partial charge is 0.248 e. The van der Waals surface area contributed by atoms with Gasteiger partial charge in [-0.2, -0.15) is 0 Å². The van der Waals surface area contributed by atoms with Crippen LogP contribution in [0.2, 0.25) is 0 Å². The summed E-state index contributed by atoms with van der Waals surface area (Å²) in [4.78, 5) is 23.5. The van der Waals surface area contributed by atoms with Crippen molar-refractivity contribution in [2.75, 3.05) is 13.2 Å². The number of nitrogens with two attached hydrogens (primary N) is 1. The molecular formula is C20H22N2O4. The molecule has 0 spiro atoms. The number of nitrogens with one attached hydrogen (secondary N) is 1. The fourth-order valence-corrected chi connectivity index (χ4v) is 2.91. The molecule has 0 aromatic heterocycles. The molecule has 3 N–H and O–H groups in total. The first kappa shape index (κ1) is 17.9. The van der Waals surface area contributed by atoms with Crippen molar-refractivity contribution in [3.63, 3.8) is 0 Å². The first-order chi connectivity index (χ1) is 12.6. The predicted molar refractivity (Wildman–Crippen MR) is 96.9 cm³/mol. The zero-order chi connectivity index (χ0) is 18.4. The van der Waals surface area contributed by atoms with Gasteiger partial charge in [0.15, 0.2) is 0 Å². The van der Waals surface area contributed by atoms with Crippen LogP contribution in [0.1, 0.15) is 22.3 Å². The van der Waals surface area contributed by atoms with Gasteiger partial charge in [-0.15, -0.1) is 0 Å². The topological polar surface area (TPSA) is 90.7 Å². The Morgan fingerprint density at radius 1 is 1.12 bits per heavy atom. The van der Waals surface area contributed by atoms with Crippen LogP contribution in [0, 0.1) is 0 Å². The molecule has 0 bridgehead atoms. The van der Waals surface area contributed by atoms with E-state index in [1.54, 1.807) is 24.3 Å². The summed E-state index contributed by atoms with van der Waals surface area (Å²) in [7, 11) is 0. The van der Waals surface area contributed by atoms with Crippen molar-refractivity contribution in [1.82, 2.24) is 5.32 Å². The molecule has 136 valence electrons. The number of hydrogen-bond acceptors (Lipinski definition) is 4. The lowest BCUT2D eigenvalue weighted by Gasteiger charge is -2.32. The van der Waals surface area contributed by atoms with E-state index in [0.29, 0.717) is 37.4 Å². The largest absolute Gasteiger partial charge is 0.488 e. The van der Waals surface area contributed by atoms with Gasteiger partial charge in [0, 0.05) is 12.0 Å². The maximum atomic E-state index is 12.3. The van der Waals surface area contributed by atoms with E-state index >= 15 is 0 Å². The van der Waals surface area contributed by atoms with Gasteiger partial charge < -0.3 is 20.5 Å². The molecule has 2 aromatic carbocycles. The summed E-state index contributed by atoms with van der Waals surface area (Å²) in [5.74, 6) is 0.0854. The standard InChI is InChI=1S/C20H22N2O4/c21-20(24)15-6-8-16(9-7-15)26-18-10-11-25-13-17(18)22-19(23)12-14-4-2-1-3-5-14/h1-9,17-18H,10-13H2,(H2,21,24)(H,22,23)/t17-,18-/m1/s1. The second-order valence-corrected chi connectivity index (χ2v) is 6.24. The SMILES string of the molecule is NC(=O)c1ccc(O[C@@H]2CCOC[C@H]2NC(=O)Cc2ccccc2)cc1. The predicted octanol–water partition coefficient (Wildman–Crippen LogP) is 1.68. The van der Waals surface area contributed by atoms with Crippen molar-refractivity contribution < 1.29 is 19.1 Å². The molecule has 1 fully saturated rings. The Bertz CT molecular complexity index is 746. The normalized spacial score (nSPS) is 19.5. The second-order valence-electron chi connectivity index (χ2n) is 6.24. The van der Waals surface area contributed by atoms with Crippen molar-refractivity contribution in [3.8, 4) is 5.75 Å². The van der Waals surface area contributed by atoms with Crippen LogP contribution in [0.5, 0.6) is 5.75 Å². The molecule has 26 heavy (non-hydrogen) atoms. The van der Waals surface area contributed by atoms with Crippen LogP contribution < -0.4 is 15.8 Å². The third kappa shape index (κ3) is 4.83. The van der Waals surface area contributed by atoms with Gasteiger partial charge in [0.05, 0.1) is 25.7 Å². The summed E-state index contributed by atoms with van der Waals surface area (Å²) in [6.45, 7) is 0.986. The lowest BCUT2D eigenvalue weighted by Crippen LogP contribution is -2.52. The van der Waals surface area contributed by atoms with Gasteiger partial charge in [0.25, 0.3) is 0 Å². The number of benzene rings is 2. The molecule has 6 heteroatoms. The Hall–Kier alpha value is -2.86. The molecule has 2 amide bonds. The Morgan fingerprint density at radius 2 is 1.85 bits per heavy atom. The fourth-order valence-electron chi connectivity index (χ4n) is 2.91. The third-order valence-corrected chi connectivity index (χ3v) is 4.27.